The lowest BCUT2D eigenvalue weighted by Crippen LogP contribution is -2.50. The number of halogens is 1. The van der Waals surface area contributed by atoms with Crippen LogP contribution in [0.25, 0.3) is 0 Å². The van der Waals surface area contributed by atoms with Crippen LogP contribution in [0.5, 0.6) is 5.75 Å². The van der Waals surface area contributed by atoms with Crippen molar-refractivity contribution < 1.29 is 13.9 Å². The molecule has 1 aliphatic heterocycles. The van der Waals surface area contributed by atoms with Crippen LogP contribution >= 0.6 is 11.6 Å². The fourth-order valence-corrected chi connectivity index (χ4v) is 3.31. The first-order valence-corrected chi connectivity index (χ1v) is 9.64. The summed E-state index contributed by atoms with van der Waals surface area (Å²) in [6, 6.07) is 11.1. The minimum Gasteiger partial charge on any atom is -0.491 e. The van der Waals surface area contributed by atoms with Crippen molar-refractivity contribution in [3.63, 3.8) is 0 Å². The fourth-order valence-electron chi connectivity index (χ4n) is 3.12. The van der Waals surface area contributed by atoms with Gasteiger partial charge in [0.15, 0.2) is 0 Å². The number of rotatable bonds is 8. The van der Waals surface area contributed by atoms with Gasteiger partial charge in [-0.3, -0.25) is 14.6 Å². The molecule has 7 heteroatoms. The minimum absolute atomic E-state index is 0.0226. The lowest BCUT2D eigenvalue weighted by atomic mass is 10.2. The van der Waals surface area contributed by atoms with Crippen LogP contribution in [0.1, 0.15) is 18.7 Å². The van der Waals surface area contributed by atoms with E-state index >= 15 is 0 Å². The van der Waals surface area contributed by atoms with Crippen LogP contribution in [0.3, 0.4) is 0 Å². The highest BCUT2D eigenvalue weighted by Gasteiger charge is 2.20. The van der Waals surface area contributed by atoms with Crippen molar-refractivity contribution in [3.8, 4) is 5.75 Å². The largest absolute Gasteiger partial charge is 0.491 e. The number of nitrogens with one attached hydrogen (secondary N) is 1. The number of carbonyl (C=O) groups excluding carboxylic acids is 1. The molecule has 1 atom stereocenters. The van der Waals surface area contributed by atoms with Crippen molar-refractivity contribution in [2.24, 2.45) is 0 Å². The molecule has 0 bridgehead atoms. The number of benzene rings is 1. The van der Waals surface area contributed by atoms with Crippen LogP contribution in [-0.4, -0.2) is 61.6 Å². The summed E-state index contributed by atoms with van der Waals surface area (Å²) in [6.07, 6.45) is 1.62. The smallest absolute Gasteiger partial charge is 0.234 e. The van der Waals surface area contributed by atoms with Crippen LogP contribution in [0.15, 0.2) is 47.1 Å². The first-order chi connectivity index (χ1) is 13.1. The van der Waals surface area contributed by atoms with Gasteiger partial charge >= 0.3 is 0 Å². The molecular weight excluding hydrogens is 366 g/mol. The number of nitrogens with zero attached hydrogens (tertiary/aromatic N) is 2. The third kappa shape index (κ3) is 5.99. The average molecular weight is 392 g/mol. The molecule has 0 aliphatic carbocycles. The van der Waals surface area contributed by atoms with E-state index in [2.05, 4.69) is 15.1 Å². The van der Waals surface area contributed by atoms with Crippen LogP contribution in [0.4, 0.5) is 0 Å². The molecule has 1 saturated heterocycles. The van der Waals surface area contributed by atoms with E-state index in [1.165, 1.54) is 0 Å². The van der Waals surface area contributed by atoms with E-state index in [1.807, 2.05) is 43.3 Å². The summed E-state index contributed by atoms with van der Waals surface area (Å²) in [6.45, 7) is 7.37. The van der Waals surface area contributed by atoms with Crippen LogP contribution in [0, 0.1) is 0 Å². The van der Waals surface area contributed by atoms with Gasteiger partial charge in [0.25, 0.3) is 0 Å². The molecular formula is C20H26ClN3O3. The normalized spacial score (nSPS) is 16.8. The highest BCUT2D eigenvalue weighted by atomic mass is 35.5. The van der Waals surface area contributed by atoms with Gasteiger partial charge in [-0.05, 0) is 31.2 Å². The molecule has 146 valence electrons. The number of ether oxygens (including phenoxy) is 1. The lowest BCUT2D eigenvalue weighted by molar-refractivity contribution is -0.123. The fraction of sp³-hybridized carbons (Fsp3) is 0.450. The zero-order valence-corrected chi connectivity index (χ0v) is 16.3. The maximum Gasteiger partial charge on any atom is 0.234 e. The molecule has 2 heterocycles. The maximum absolute atomic E-state index is 12.2. The molecule has 1 aromatic carbocycles. The van der Waals surface area contributed by atoms with Gasteiger partial charge in [0, 0.05) is 32.7 Å². The molecule has 1 unspecified atom stereocenters. The molecule has 0 saturated carbocycles. The van der Waals surface area contributed by atoms with Gasteiger partial charge in [-0.25, -0.2) is 0 Å². The quantitative estimate of drug-likeness (QED) is 0.749. The number of amides is 1. The molecule has 2 aromatic rings. The molecule has 0 radical (unpaired) electrons. The van der Waals surface area contributed by atoms with Gasteiger partial charge in [0.2, 0.25) is 5.91 Å². The number of carbonyl (C=O) groups is 1. The van der Waals surface area contributed by atoms with Gasteiger partial charge in [-0.1, -0.05) is 23.7 Å². The molecule has 1 N–H and O–H groups in total. The molecule has 1 aromatic heterocycles. The number of para-hydroxylation sites is 1. The first-order valence-electron chi connectivity index (χ1n) is 9.26. The second kappa shape index (κ2) is 9.78. The standard InChI is InChI=1S/C20H26ClN3O3/c1-16(18-7-4-13-26-18)22-20(25)15-24-10-8-23(9-11-24)12-14-27-19-6-3-2-5-17(19)21/h2-7,13,16H,8-12,14-15H2,1H3,(H,22,25). The Kier molecular flexibility index (Phi) is 7.15. The zero-order chi connectivity index (χ0) is 19.1. The average Bonchev–Trinajstić information content (AvgIpc) is 3.19. The Morgan fingerprint density at radius 2 is 1.93 bits per heavy atom. The monoisotopic (exact) mass is 391 g/mol. The van der Waals surface area contributed by atoms with Gasteiger partial charge in [0.1, 0.15) is 18.1 Å². The summed E-state index contributed by atoms with van der Waals surface area (Å²) >= 11 is 6.09. The molecule has 0 spiro atoms. The maximum atomic E-state index is 12.2. The van der Waals surface area contributed by atoms with Crippen molar-refractivity contribution in [1.29, 1.82) is 0 Å². The molecule has 27 heavy (non-hydrogen) atoms. The number of hydrogen-bond acceptors (Lipinski definition) is 5. The highest BCUT2D eigenvalue weighted by Crippen LogP contribution is 2.22. The second-order valence-electron chi connectivity index (χ2n) is 6.70. The third-order valence-electron chi connectivity index (χ3n) is 4.68. The SMILES string of the molecule is CC(NC(=O)CN1CCN(CCOc2ccccc2Cl)CC1)c1ccco1. The highest BCUT2D eigenvalue weighted by molar-refractivity contribution is 6.32. The third-order valence-corrected chi connectivity index (χ3v) is 4.99. The molecule has 1 aliphatic rings. The van der Waals surface area contributed by atoms with E-state index in [-0.39, 0.29) is 11.9 Å². The summed E-state index contributed by atoms with van der Waals surface area (Å²) < 4.78 is 11.1. The Balaban J connectivity index is 1.33. The summed E-state index contributed by atoms with van der Waals surface area (Å²) in [4.78, 5) is 16.7. The predicted octanol–water partition coefficient (Wildman–Crippen LogP) is 2.81. The van der Waals surface area contributed by atoms with Crippen molar-refractivity contribution in [2.45, 2.75) is 13.0 Å². The number of furan rings is 1. The van der Waals surface area contributed by atoms with E-state index in [0.717, 1.165) is 44.2 Å². The van der Waals surface area contributed by atoms with Crippen molar-refractivity contribution in [1.82, 2.24) is 15.1 Å². The topological polar surface area (TPSA) is 58.0 Å². The van der Waals surface area contributed by atoms with E-state index in [9.17, 15) is 4.79 Å². The number of hydrogen-bond donors (Lipinski definition) is 1. The Morgan fingerprint density at radius 3 is 2.63 bits per heavy atom. The molecule has 1 fully saturated rings. The molecule has 1 amide bonds. The predicted molar refractivity (Wildman–Crippen MR) is 105 cm³/mol. The Morgan fingerprint density at radius 1 is 1.19 bits per heavy atom. The Bertz CT molecular complexity index is 715. The van der Waals surface area contributed by atoms with Crippen molar-refractivity contribution in [3.05, 3.63) is 53.4 Å². The Labute approximate surface area is 165 Å². The van der Waals surface area contributed by atoms with E-state index in [0.29, 0.717) is 18.2 Å². The molecule has 6 nitrogen and oxygen atoms in total. The van der Waals surface area contributed by atoms with Gasteiger partial charge in [-0.15, -0.1) is 0 Å². The summed E-state index contributed by atoms with van der Waals surface area (Å²) in [5, 5.41) is 3.61. The van der Waals surface area contributed by atoms with Gasteiger partial charge in [-0.2, -0.15) is 0 Å². The summed E-state index contributed by atoms with van der Waals surface area (Å²) in [5.74, 6) is 1.52. The van der Waals surface area contributed by atoms with E-state index in [4.69, 9.17) is 20.8 Å². The summed E-state index contributed by atoms with van der Waals surface area (Å²) in [7, 11) is 0. The second-order valence-corrected chi connectivity index (χ2v) is 7.11. The van der Waals surface area contributed by atoms with Crippen molar-refractivity contribution >= 4 is 17.5 Å². The van der Waals surface area contributed by atoms with Crippen molar-refractivity contribution in [2.75, 3.05) is 45.9 Å². The van der Waals surface area contributed by atoms with E-state index in [1.54, 1.807) is 6.26 Å². The zero-order valence-electron chi connectivity index (χ0n) is 15.6. The lowest BCUT2D eigenvalue weighted by Gasteiger charge is -2.34. The van der Waals surface area contributed by atoms with E-state index < -0.39 is 0 Å². The van der Waals surface area contributed by atoms with Gasteiger partial charge in [0.05, 0.1) is 23.9 Å². The Hall–Kier alpha value is -2.02. The van der Waals surface area contributed by atoms with Crippen LogP contribution in [0.2, 0.25) is 5.02 Å². The van der Waals surface area contributed by atoms with Crippen LogP contribution in [-0.2, 0) is 4.79 Å². The molecule has 3 rings (SSSR count). The minimum atomic E-state index is -0.115. The van der Waals surface area contributed by atoms with Gasteiger partial charge < -0.3 is 14.5 Å². The van der Waals surface area contributed by atoms with Crippen LogP contribution < -0.4 is 10.1 Å². The summed E-state index contributed by atoms with van der Waals surface area (Å²) in [5.41, 5.74) is 0. The number of piperazine rings is 1. The first kappa shape index (κ1) is 19.7.